The normalized spacial score (nSPS) is 19.7. The number of nitrogen functional groups attached to an aromatic ring is 1. The predicted molar refractivity (Wildman–Crippen MR) is 117 cm³/mol. The number of amides is 1. The Bertz CT molecular complexity index is 1330. The molecule has 4 aromatic heterocycles. The van der Waals surface area contributed by atoms with Gasteiger partial charge in [-0.15, -0.1) is 5.10 Å². The van der Waals surface area contributed by atoms with Gasteiger partial charge in [-0.2, -0.15) is 0 Å². The average Bonchev–Trinajstić information content (AvgIpc) is 3.45. The van der Waals surface area contributed by atoms with E-state index in [0.717, 1.165) is 0 Å². The Morgan fingerprint density at radius 1 is 1.44 bits per heavy atom. The summed E-state index contributed by atoms with van der Waals surface area (Å²) in [6, 6.07) is 2.85. The number of fused-ring (bicyclic) bond motifs is 2. The smallest absolute Gasteiger partial charge is 0.259 e. The van der Waals surface area contributed by atoms with Crippen molar-refractivity contribution >= 4 is 40.3 Å². The molecule has 1 unspecified atom stereocenters. The molecule has 5 heterocycles. The summed E-state index contributed by atoms with van der Waals surface area (Å²) in [5.74, 6) is 0.195. The summed E-state index contributed by atoms with van der Waals surface area (Å²) in [6.45, 7) is 1.90. The summed E-state index contributed by atoms with van der Waals surface area (Å²) < 4.78 is 17.3. The second-order valence-corrected chi connectivity index (χ2v) is 8.16. The quantitative estimate of drug-likeness (QED) is 0.424. The van der Waals surface area contributed by atoms with E-state index in [2.05, 4.69) is 20.4 Å². The Morgan fingerprint density at radius 3 is 3.00 bits per heavy atom. The van der Waals surface area contributed by atoms with Gasteiger partial charge in [-0.1, -0.05) is 11.6 Å². The molecule has 0 aromatic carbocycles. The number of aromatic nitrogens is 5. The lowest BCUT2D eigenvalue weighted by Crippen LogP contribution is -2.31. The molecule has 4 N–H and O–H groups in total. The number of imidazole rings is 1. The second kappa shape index (κ2) is 7.61. The molecule has 1 aliphatic rings. The number of pyridine rings is 1. The van der Waals surface area contributed by atoms with E-state index < -0.39 is 24.2 Å². The van der Waals surface area contributed by atoms with Gasteiger partial charge in [0.2, 0.25) is 0 Å². The maximum absolute atomic E-state index is 14.1. The fraction of sp³-hybridized carbons (Fsp3) is 0.300. The highest BCUT2D eigenvalue weighted by atomic mass is 35.5. The number of carbonyl (C=O) groups excluding carboxylic acids is 1. The van der Waals surface area contributed by atoms with E-state index in [9.17, 15) is 14.3 Å². The molecule has 12 heteroatoms. The topological polar surface area (TPSA) is 126 Å². The number of hydrogen-bond donors (Lipinski definition) is 3. The number of rotatable bonds is 4. The van der Waals surface area contributed by atoms with Crippen LogP contribution >= 0.6 is 11.6 Å². The number of nitrogens with one attached hydrogen (secondary N) is 1. The molecule has 0 bridgehead atoms. The first-order valence-electron chi connectivity index (χ1n) is 9.96. The van der Waals surface area contributed by atoms with Crippen LogP contribution in [0.15, 0.2) is 37.1 Å². The Kier molecular flexibility index (Phi) is 4.86. The lowest BCUT2D eigenvalue weighted by Gasteiger charge is -2.26. The molecule has 166 valence electrons. The van der Waals surface area contributed by atoms with Crippen molar-refractivity contribution in [1.29, 1.82) is 0 Å². The van der Waals surface area contributed by atoms with E-state index in [1.807, 2.05) is 0 Å². The number of hydrogen-bond acceptors (Lipinski definition) is 7. The molecule has 10 nitrogen and oxygen atoms in total. The first-order chi connectivity index (χ1) is 15.3. The highest BCUT2D eigenvalue weighted by Crippen LogP contribution is 2.35. The van der Waals surface area contributed by atoms with Crippen molar-refractivity contribution in [2.75, 3.05) is 23.7 Å². The maximum Gasteiger partial charge on any atom is 0.259 e. The SMILES string of the molecule is CC(NC(=O)c1c(N)nn2cccnc12)c1cc(Cl)c2cncn2c1N1C[C@H](O)[C@@H](F)C1. The third kappa shape index (κ3) is 3.21. The van der Waals surface area contributed by atoms with Crippen molar-refractivity contribution in [1.82, 2.24) is 29.3 Å². The van der Waals surface area contributed by atoms with Gasteiger partial charge in [0.15, 0.2) is 11.5 Å². The highest BCUT2D eigenvalue weighted by molar-refractivity contribution is 6.34. The van der Waals surface area contributed by atoms with Crippen molar-refractivity contribution in [3.63, 3.8) is 0 Å². The molecule has 32 heavy (non-hydrogen) atoms. The van der Waals surface area contributed by atoms with E-state index in [0.29, 0.717) is 27.6 Å². The molecule has 1 saturated heterocycles. The molecule has 3 atom stereocenters. The lowest BCUT2D eigenvalue weighted by atomic mass is 10.1. The number of halogens is 2. The van der Waals surface area contributed by atoms with Crippen LogP contribution in [-0.2, 0) is 0 Å². The number of anilines is 2. The van der Waals surface area contributed by atoms with Crippen LogP contribution in [0.25, 0.3) is 11.2 Å². The first-order valence-corrected chi connectivity index (χ1v) is 10.3. The number of nitrogens with two attached hydrogens (primary N) is 1. The van der Waals surface area contributed by atoms with Crippen LogP contribution < -0.4 is 16.0 Å². The molecule has 0 saturated carbocycles. The fourth-order valence-electron chi connectivity index (χ4n) is 4.10. The van der Waals surface area contributed by atoms with Gasteiger partial charge in [0.1, 0.15) is 30.0 Å². The second-order valence-electron chi connectivity index (χ2n) is 7.75. The monoisotopic (exact) mass is 458 g/mol. The van der Waals surface area contributed by atoms with Crippen LogP contribution in [0.3, 0.4) is 0 Å². The molecular formula is C20H20ClFN8O2. The average molecular weight is 459 g/mol. The van der Waals surface area contributed by atoms with Gasteiger partial charge in [-0.05, 0) is 19.1 Å². The van der Waals surface area contributed by atoms with Crippen LogP contribution in [-0.4, -0.2) is 60.4 Å². The summed E-state index contributed by atoms with van der Waals surface area (Å²) in [6.07, 6.45) is 3.88. The molecule has 4 aromatic rings. The summed E-state index contributed by atoms with van der Waals surface area (Å²) in [5, 5.41) is 17.4. The Balaban J connectivity index is 1.54. The fourth-order valence-corrected chi connectivity index (χ4v) is 4.35. The van der Waals surface area contributed by atoms with Crippen LogP contribution in [0.4, 0.5) is 16.0 Å². The lowest BCUT2D eigenvalue weighted by molar-refractivity contribution is 0.0942. The number of nitrogens with zero attached hydrogens (tertiary/aromatic N) is 6. The highest BCUT2D eigenvalue weighted by Gasteiger charge is 2.35. The minimum absolute atomic E-state index is 0.00859. The Morgan fingerprint density at radius 2 is 2.25 bits per heavy atom. The van der Waals surface area contributed by atoms with Crippen molar-refractivity contribution in [2.24, 2.45) is 0 Å². The Hall–Kier alpha value is -3.44. The number of aliphatic hydroxyl groups is 1. The maximum atomic E-state index is 14.1. The van der Waals surface area contributed by atoms with E-state index in [1.165, 1.54) is 4.52 Å². The largest absolute Gasteiger partial charge is 0.388 e. The van der Waals surface area contributed by atoms with Gasteiger partial charge in [0, 0.05) is 24.5 Å². The number of alkyl halides is 1. The van der Waals surface area contributed by atoms with E-state index in [1.54, 1.807) is 53.3 Å². The zero-order valence-electron chi connectivity index (χ0n) is 17.0. The van der Waals surface area contributed by atoms with Crippen molar-refractivity contribution < 1.29 is 14.3 Å². The molecular weight excluding hydrogens is 439 g/mol. The summed E-state index contributed by atoms with van der Waals surface area (Å²) in [5.41, 5.74) is 7.74. The van der Waals surface area contributed by atoms with Crippen molar-refractivity contribution in [3.05, 3.63) is 53.2 Å². The van der Waals surface area contributed by atoms with Crippen LogP contribution in [0.1, 0.15) is 28.9 Å². The molecule has 5 rings (SSSR count). The molecule has 1 amide bonds. The van der Waals surface area contributed by atoms with Crippen molar-refractivity contribution in [3.8, 4) is 0 Å². The molecule has 0 aliphatic carbocycles. The van der Waals surface area contributed by atoms with Crippen LogP contribution in [0, 0.1) is 0 Å². The number of β-amino-alcohol motifs (C(OH)–C–C–N with tert-alkyl or cyclic N) is 1. The first kappa shape index (κ1) is 20.5. The third-order valence-electron chi connectivity index (χ3n) is 5.63. The summed E-state index contributed by atoms with van der Waals surface area (Å²) in [4.78, 5) is 23.2. The molecule has 0 spiro atoms. The third-order valence-corrected chi connectivity index (χ3v) is 5.94. The molecule has 0 radical (unpaired) electrons. The van der Waals surface area contributed by atoms with Crippen molar-refractivity contribution in [2.45, 2.75) is 25.2 Å². The predicted octanol–water partition coefficient (Wildman–Crippen LogP) is 1.62. The minimum Gasteiger partial charge on any atom is -0.388 e. The standard InChI is InChI=1S/C20H20ClFN8O2/c1-10(26-19(32)16-17(23)27-30-4-2-3-25-18(16)30)11-5-12(21)14-6-24-9-29(14)20(11)28-7-13(22)15(31)8-28/h2-6,9-10,13,15,31H,7-8H2,1H3,(H2,23,27)(H,26,32)/t10?,13-,15-/m0/s1. The van der Waals surface area contributed by atoms with Gasteiger partial charge < -0.3 is 21.1 Å². The molecule has 1 aliphatic heterocycles. The Labute approximate surface area is 186 Å². The minimum atomic E-state index is -1.38. The number of carbonyl (C=O) groups is 1. The summed E-state index contributed by atoms with van der Waals surface area (Å²) >= 11 is 6.46. The summed E-state index contributed by atoms with van der Waals surface area (Å²) in [7, 11) is 0. The van der Waals surface area contributed by atoms with E-state index in [-0.39, 0.29) is 24.5 Å². The van der Waals surface area contributed by atoms with Gasteiger partial charge in [0.25, 0.3) is 5.91 Å². The van der Waals surface area contributed by atoms with Gasteiger partial charge in [-0.25, -0.2) is 18.9 Å². The zero-order chi connectivity index (χ0) is 22.6. The van der Waals surface area contributed by atoms with E-state index in [4.69, 9.17) is 17.3 Å². The van der Waals surface area contributed by atoms with Crippen LogP contribution in [0.5, 0.6) is 0 Å². The molecule has 1 fully saturated rings. The van der Waals surface area contributed by atoms with Gasteiger partial charge in [-0.3, -0.25) is 9.20 Å². The van der Waals surface area contributed by atoms with Crippen LogP contribution in [0.2, 0.25) is 5.02 Å². The van der Waals surface area contributed by atoms with Gasteiger partial charge in [0.05, 0.1) is 29.3 Å². The number of aliphatic hydroxyl groups excluding tert-OH is 1. The van der Waals surface area contributed by atoms with E-state index >= 15 is 0 Å². The van der Waals surface area contributed by atoms with Gasteiger partial charge >= 0.3 is 0 Å². The zero-order valence-corrected chi connectivity index (χ0v) is 17.7.